The van der Waals surface area contributed by atoms with Crippen molar-refractivity contribution in [3.05, 3.63) is 34.8 Å². The molecule has 0 aliphatic heterocycles. The number of nitrogens with one attached hydrogen (secondary N) is 1. The lowest BCUT2D eigenvalue weighted by Gasteiger charge is -2.20. The fraction of sp³-hybridized carbons (Fsp3) is 0.412. The van der Waals surface area contributed by atoms with Crippen molar-refractivity contribution in [2.45, 2.75) is 27.2 Å². The van der Waals surface area contributed by atoms with Crippen LogP contribution in [0.2, 0.25) is 0 Å². The van der Waals surface area contributed by atoms with Gasteiger partial charge in [-0.15, -0.1) is 0 Å². The number of nitrogens with zero attached hydrogens (tertiary/aromatic N) is 4. The number of aromatic carboxylic acids is 1. The van der Waals surface area contributed by atoms with Gasteiger partial charge in [-0.25, -0.2) is 9.78 Å². The summed E-state index contributed by atoms with van der Waals surface area (Å²) in [6, 6.07) is 1.42. The van der Waals surface area contributed by atoms with E-state index in [9.17, 15) is 14.7 Å². The highest BCUT2D eigenvalue weighted by atomic mass is 16.4. The Morgan fingerprint density at radius 3 is 2.56 bits per heavy atom. The van der Waals surface area contributed by atoms with Gasteiger partial charge in [0.25, 0.3) is 0 Å². The summed E-state index contributed by atoms with van der Waals surface area (Å²) in [5, 5.41) is 16.4. The molecule has 2 heterocycles. The van der Waals surface area contributed by atoms with Crippen LogP contribution in [0, 0.1) is 13.8 Å². The van der Waals surface area contributed by atoms with Gasteiger partial charge in [-0.3, -0.25) is 9.48 Å². The minimum Gasteiger partial charge on any atom is -0.478 e. The molecule has 0 aromatic carbocycles. The second kappa shape index (κ2) is 7.33. The Morgan fingerprint density at radius 2 is 2.04 bits per heavy atom. The first-order valence-electron chi connectivity index (χ1n) is 7.91. The molecule has 0 spiro atoms. The minimum absolute atomic E-state index is 0.0494. The summed E-state index contributed by atoms with van der Waals surface area (Å²) in [6.07, 6.45) is 2.19. The second-order valence-corrected chi connectivity index (χ2v) is 6.03. The fourth-order valence-corrected chi connectivity index (χ4v) is 2.76. The number of carbonyl (C=O) groups excluding carboxylic acids is 1. The lowest BCUT2D eigenvalue weighted by Crippen LogP contribution is -2.24. The average molecular weight is 345 g/mol. The van der Waals surface area contributed by atoms with Gasteiger partial charge in [-0.2, -0.15) is 5.10 Å². The van der Waals surface area contributed by atoms with Crippen LogP contribution in [0.15, 0.2) is 12.3 Å². The number of hydrogen-bond acceptors (Lipinski definition) is 5. The van der Waals surface area contributed by atoms with Crippen LogP contribution in [0.3, 0.4) is 0 Å². The van der Waals surface area contributed by atoms with Crippen molar-refractivity contribution in [2.75, 3.05) is 23.8 Å². The van der Waals surface area contributed by atoms with Crippen molar-refractivity contribution >= 4 is 23.4 Å². The highest BCUT2D eigenvalue weighted by molar-refractivity contribution is 5.96. The van der Waals surface area contributed by atoms with Gasteiger partial charge in [0.1, 0.15) is 11.4 Å². The Hall–Kier alpha value is -2.90. The molecule has 0 saturated carbocycles. The maximum atomic E-state index is 11.6. The quantitative estimate of drug-likeness (QED) is 0.827. The largest absolute Gasteiger partial charge is 0.478 e. The van der Waals surface area contributed by atoms with Gasteiger partial charge in [0.15, 0.2) is 0 Å². The highest BCUT2D eigenvalue weighted by Crippen LogP contribution is 2.22. The molecule has 0 aliphatic rings. The molecule has 0 atom stereocenters. The monoisotopic (exact) mass is 345 g/mol. The lowest BCUT2D eigenvalue weighted by molar-refractivity contribution is -0.114. The fourth-order valence-electron chi connectivity index (χ4n) is 2.76. The van der Waals surface area contributed by atoms with Crippen molar-refractivity contribution < 1.29 is 14.7 Å². The average Bonchev–Trinajstić information content (AvgIpc) is 2.77. The highest BCUT2D eigenvalue weighted by Gasteiger charge is 2.18. The molecule has 2 aromatic rings. The number of hydrogen-bond donors (Lipinski definition) is 2. The van der Waals surface area contributed by atoms with Gasteiger partial charge < -0.3 is 15.3 Å². The Balaban J connectivity index is 2.21. The van der Waals surface area contributed by atoms with Crippen molar-refractivity contribution in [3.8, 4) is 0 Å². The van der Waals surface area contributed by atoms with Gasteiger partial charge in [0.05, 0.1) is 17.6 Å². The number of aryl methyl sites for hydroxylation is 2. The van der Waals surface area contributed by atoms with E-state index in [0.29, 0.717) is 18.1 Å². The molecular formula is C17H23N5O3. The second-order valence-electron chi connectivity index (χ2n) is 6.03. The van der Waals surface area contributed by atoms with Crippen LogP contribution >= 0.6 is 0 Å². The first kappa shape index (κ1) is 18.4. The van der Waals surface area contributed by atoms with E-state index in [1.165, 1.54) is 19.2 Å². The summed E-state index contributed by atoms with van der Waals surface area (Å²) in [4.78, 5) is 28.7. The number of aromatic nitrogens is 3. The van der Waals surface area contributed by atoms with Gasteiger partial charge in [-0.05, 0) is 31.9 Å². The maximum Gasteiger partial charge on any atom is 0.339 e. The zero-order valence-electron chi connectivity index (χ0n) is 15.1. The smallest absolute Gasteiger partial charge is 0.339 e. The van der Waals surface area contributed by atoms with Gasteiger partial charge in [0, 0.05) is 33.3 Å². The summed E-state index contributed by atoms with van der Waals surface area (Å²) >= 11 is 0. The number of carbonyl (C=O) groups is 2. The zero-order chi connectivity index (χ0) is 18.7. The molecule has 0 fully saturated rings. The predicted octanol–water partition coefficient (Wildman–Crippen LogP) is 1.77. The van der Waals surface area contributed by atoms with Crippen molar-refractivity contribution in [1.29, 1.82) is 0 Å². The van der Waals surface area contributed by atoms with Gasteiger partial charge >= 0.3 is 5.97 Å². The Kier molecular flexibility index (Phi) is 5.41. The van der Waals surface area contributed by atoms with E-state index >= 15 is 0 Å². The third-order valence-electron chi connectivity index (χ3n) is 4.14. The molecular weight excluding hydrogens is 322 g/mol. The Morgan fingerprint density at radius 1 is 1.36 bits per heavy atom. The van der Waals surface area contributed by atoms with Crippen LogP contribution < -0.4 is 10.2 Å². The third kappa shape index (κ3) is 4.14. The van der Waals surface area contributed by atoms with Gasteiger partial charge in [0.2, 0.25) is 5.91 Å². The molecule has 25 heavy (non-hydrogen) atoms. The first-order chi connectivity index (χ1) is 11.7. The zero-order valence-corrected chi connectivity index (χ0v) is 15.1. The topological polar surface area (TPSA) is 100 Å². The van der Waals surface area contributed by atoms with Crippen LogP contribution in [0.5, 0.6) is 0 Å². The number of anilines is 2. The summed E-state index contributed by atoms with van der Waals surface area (Å²) in [5.74, 6) is -1.00. The predicted molar refractivity (Wildman–Crippen MR) is 95.2 cm³/mol. The molecule has 8 heteroatoms. The van der Waals surface area contributed by atoms with E-state index < -0.39 is 5.97 Å². The molecule has 134 valence electrons. The Bertz CT molecular complexity index is 813. The van der Waals surface area contributed by atoms with E-state index in [4.69, 9.17) is 0 Å². The van der Waals surface area contributed by atoms with E-state index in [-0.39, 0.29) is 11.5 Å². The third-order valence-corrected chi connectivity index (χ3v) is 4.14. The normalized spacial score (nSPS) is 10.6. The van der Waals surface area contributed by atoms with Crippen molar-refractivity contribution in [3.63, 3.8) is 0 Å². The molecule has 0 radical (unpaired) electrons. The molecule has 8 nitrogen and oxygen atoms in total. The molecule has 1 amide bonds. The number of rotatable bonds is 6. The van der Waals surface area contributed by atoms with Crippen LogP contribution in [0.25, 0.3) is 0 Å². The van der Waals surface area contributed by atoms with Crippen molar-refractivity contribution in [2.24, 2.45) is 7.05 Å². The summed E-state index contributed by atoms with van der Waals surface area (Å²) < 4.78 is 1.84. The van der Waals surface area contributed by atoms with E-state index in [1.807, 2.05) is 25.6 Å². The van der Waals surface area contributed by atoms with Crippen LogP contribution in [-0.4, -0.2) is 45.3 Å². The summed E-state index contributed by atoms with van der Waals surface area (Å²) in [5.41, 5.74) is 3.63. The van der Waals surface area contributed by atoms with E-state index in [1.54, 1.807) is 11.9 Å². The minimum atomic E-state index is -1.09. The molecule has 0 aliphatic carbocycles. The molecule has 2 rings (SSSR count). The maximum absolute atomic E-state index is 11.6. The van der Waals surface area contributed by atoms with Gasteiger partial charge in [-0.1, -0.05) is 0 Å². The molecule has 0 bridgehead atoms. The van der Waals surface area contributed by atoms with Crippen LogP contribution in [0.1, 0.15) is 34.2 Å². The van der Waals surface area contributed by atoms with E-state index in [0.717, 1.165) is 23.4 Å². The number of likely N-dealkylation sites (N-methyl/N-ethyl adjacent to an activating group) is 1. The van der Waals surface area contributed by atoms with Crippen LogP contribution in [0.4, 0.5) is 11.5 Å². The van der Waals surface area contributed by atoms with Crippen LogP contribution in [-0.2, 0) is 18.3 Å². The lowest BCUT2D eigenvalue weighted by atomic mass is 10.1. The molecule has 0 unspecified atom stereocenters. The SMILES string of the molecule is CC(=O)Nc1cnc(N(C)CCc2c(C)nn(C)c2C)c(C(=O)O)c1. The standard InChI is InChI=1S/C17H23N5O3/c1-10-14(11(2)22(5)20-10)6-7-21(4)16-15(17(24)25)8-13(9-18-16)19-12(3)23/h8-9H,6-7H2,1-5H3,(H,19,23)(H,24,25). The number of carboxylic acids is 1. The van der Waals surface area contributed by atoms with E-state index in [2.05, 4.69) is 15.4 Å². The molecule has 0 saturated heterocycles. The number of carboxylic acid groups (broad SMARTS) is 1. The number of pyridine rings is 1. The number of amides is 1. The molecule has 2 aromatic heterocycles. The van der Waals surface area contributed by atoms with Crippen molar-refractivity contribution in [1.82, 2.24) is 14.8 Å². The molecule has 2 N–H and O–H groups in total. The Labute approximate surface area is 146 Å². The summed E-state index contributed by atoms with van der Waals surface area (Å²) in [6.45, 7) is 5.93. The summed E-state index contributed by atoms with van der Waals surface area (Å²) in [7, 11) is 3.70. The first-order valence-corrected chi connectivity index (χ1v) is 7.91.